The van der Waals surface area contributed by atoms with E-state index < -0.39 is 59.9 Å². The Bertz CT molecular complexity index is 1320. The molecule has 0 rings (SSSR count). The van der Waals surface area contributed by atoms with E-state index in [1.165, 1.54) is 19.0 Å². The van der Waals surface area contributed by atoms with Gasteiger partial charge in [0.2, 0.25) is 23.6 Å². The van der Waals surface area contributed by atoms with Gasteiger partial charge in [-0.1, -0.05) is 14.9 Å². The number of carbonyl (C=O) groups excluding carboxylic acids is 7. The third-order valence-corrected chi connectivity index (χ3v) is 6.95. The first-order valence-corrected chi connectivity index (χ1v) is 18.5. The van der Waals surface area contributed by atoms with Crippen molar-refractivity contribution >= 4 is 61.1 Å². The Hall–Kier alpha value is -6.78. The van der Waals surface area contributed by atoms with Gasteiger partial charge in [-0.05, 0) is 51.5 Å². The van der Waals surface area contributed by atoms with E-state index in [4.69, 9.17) is 81.8 Å². The van der Waals surface area contributed by atoms with Gasteiger partial charge in [0.05, 0.1) is 18.5 Å². The van der Waals surface area contributed by atoms with E-state index in [1.54, 1.807) is 0 Å². The van der Waals surface area contributed by atoms with Gasteiger partial charge in [0.15, 0.2) is 11.5 Å². The predicted octanol–water partition coefficient (Wildman–Crippen LogP) is -3.03. The molecule has 2 unspecified atom stereocenters. The van der Waals surface area contributed by atoms with Crippen molar-refractivity contribution in [3.05, 3.63) is 23.9 Å². The van der Waals surface area contributed by atoms with Crippen LogP contribution in [-0.4, -0.2) is 136 Å². The first-order chi connectivity index (χ1) is 30.2. The van der Waals surface area contributed by atoms with E-state index in [1.807, 2.05) is 17.4 Å². The number of hydrogen-bond donors (Lipinski definition) is 19. The number of nitrogens with one attached hydrogen (secondary N) is 3. The van der Waals surface area contributed by atoms with Gasteiger partial charge in [-0.2, -0.15) is 12.8 Å². The highest BCUT2D eigenvalue weighted by Crippen LogP contribution is 2.05. The number of aliphatic carboxylic acids is 3. The van der Waals surface area contributed by atoms with Gasteiger partial charge in [0.1, 0.15) is 18.9 Å². The van der Waals surface area contributed by atoms with Crippen molar-refractivity contribution in [2.75, 3.05) is 19.6 Å². The van der Waals surface area contributed by atoms with E-state index in [0.29, 0.717) is 44.5 Å². The molecule has 6 amide bonds. The topological polar surface area (TPSA) is 634 Å². The lowest BCUT2D eigenvalue weighted by atomic mass is 10.1. The average molecular weight is 998 g/mol. The molecule has 4 atom stereocenters. The molecule has 0 aliphatic heterocycles. The van der Waals surface area contributed by atoms with Crippen molar-refractivity contribution in [1.29, 1.82) is 0 Å². The summed E-state index contributed by atoms with van der Waals surface area (Å²) in [4.78, 5) is 112. The summed E-state index contributed by atoms with van der Waals surface area (Å²) in [5.41, 5.74) is 40.3. The first kappa shape index (κ1) is 84.6. The zero-order chi connectivity index (χ0) is 50.9. The zero-order valence-corrected chi connectivity index (χ0v) is 36.5. The number of unbranched alkanes of at least 4 members (excludes halogenated alkanes) is 2. The largest absolute Gasteiger partial charge is 0.520 e. The molecular weight excluding hydrogens is 918 g/mol. The number of carbonyl (C=O) groups is 8. The fourth-order valence-corrected chi connectivity index (χ4v) is 3.54. The predicted molar refractivity (Wildman–Crippen MR) is 245 cm³/mol. The van der Waals surface area contributed by atoms with Crippen LogP contribution in [0.4, 0.5) is 0 Å². The van der Waals surface area contributed by atoms with Gasteiger partial charge in [0, 0.05) is 57.6 Å². The number of nitrogens with two attached hydrogens (primary N) is 8. The van der Waals surface area contributed by atoms with Crippen molar-refractivity contribution in [2.24, 2.45) is 45.9 Å². The molecule has 0 aliphatic rings. The zero-order valence-electron chi connectivity index (χ0n) is 36.5. The van der Waals surface area contributed by atoms with Crippen molar-refractivity contribution in [3.63, 3.8) is 0 Å². The molecule has 31 N–H and O–H groups in total. The summed E-state index contributed by atoms with van der Waals surface area (Å²) in [7, 11) is 0. The Morgan fingerprint density at radius 1 is 0.647 bits per heavy atom. The van der Waals surface area contributed by atoms with Gasteiger partial charge < -0.3 is 114 Å². The van der Waals surface area contributed by atoms with Crippen LogP contribution in [0.2, 0.25) is 0 Å². The minimum atomic E-state index is -1.05. The van der Waals surface area contributed by atoms with Crippen LogP contribution < -0.4 is 74.1 Å². The molecule has 0 aromatic heterocycles. The van der Waals surface area contributed by atoms with E-state index in [-0.39, 0.29) is 90.3 Å². The number of allylic oxidation sites excluding steroid dienone is 2. The highest BCUT2D eigenvalue weighted by Gasteiger charge is 2.14. The molecule has 0 radical (unpaired) electrons. The van der Waals surface area contributed by atoms with Gasteiger partial charge in [0.25, 0.3) is 0 Å². The fourth-order valence-electron chi connectivity index (χ4n) is 3.54. The molecule has 0 heterocycles. The average Bonchev–Trinajstić information content (AvgIpc) is 3.25. The van der Waals surface area contributed by atoms with Crippen LogP contribution in [0.3, 0.4) is 0 Å². The lowest BCUT2D eigenvalue weighted by Crippen LogP contribution is -2.40. The van der Waals surface area contributed by atoms with Crippen molar-refractivity contribution < 1.29 is 93.7 Å². The summed E-state index contributed by atoms with van der Waals surface area (Å²) in [5.74, 6) is -4.85. The van der Waals surface area contributed by atoms with Crippen LogP contribution in [-0.2, 0) is 62.6 Å². The van der Waals surface area contributed by atoms with Gasteiger partial charge >= 0.3 is 17.9 Å². The molecule has 0 aromatic rings. The third-order valence-electron chi connectivity index (χ3n) is 6.95. The van der Waals surface area contributed by atoms with E-state index in [9.17, 15) is 43.2 Å². The Labute approximate surface area is 394 Å². The van der Waals surface area contributed by atoms with Crippen LogP contribution in [0.1, 0.15) is 98.3 Å². The number of hydrogen-bond acceptors (Lipinski definition) is 23. The molecule has 32 nitrogen and oxygen atoms in total. The molecule has 0 fully saturated rings. The molecule has 0 spiro atoms. The van der Waals surface area contributed by atoms with Crippen LogP contribution in [0.5, 0.6) is 0 Å². The quantitative estimate of drug-likeness (QED) is 0.00820. The van der Waals surface area contributed by atoms with Gasteiger partial charge in [-0.3, -0.25) is 38.8 Å². The van der Waals surface area contributed by atoms with E-state index >= 15 is 0 Å². The third kappa shape index (κ3) is 65.8. The smallest absolute Gasteiger partial charge is 0.320 e. The minimum Gasteiger partial charge on any atom is -0.520 e. The minimum absolute atomic E-state index is 0. The number of primary amides is 3. The van der Waals surface area contributed by atoms with Gasteiger partial charge in [-0.25, -0.2) is 15.4 Å². The number of rotatable bonds is 31. The first-order valence-electron chi connectivity index (χ1n) is 18.5. The van der Waals surface area contributed by atoms with Crippen molar-refractivity contribution in [3.8, 4) is 0 Å². The summed E-state index contributed by atoms with van der Waals surface area (Å²) in [6.07, 6.45) is 8.11. The summed E-state index contributed by atoms with van der Waals surface area (Å²) in [5, 5.41) is 56.2. The summed E-state index contributed by atoms with van der Waals surface area (Å²) >= 11 is 0. The molecule has 0 aromatic carbocycles. The van der Waals surface area contributed by atoms with Crippen LogP contribution >= 0.6 is 0 Å². The van der Waals surface area contributed by atoms with Crippen molar-refractivity contribution in [2.45, 2.75) is 123 Å². The number of carboxylic acids is 3. The highest BCUT2D eigenvalue weighted by molar-refractivity contribution is 5.83. The fraction of sp³-hybridized carbons (Fsp3) is 0.611. The monoisotopic (exact) mass is 998 g/mol. The Balaban J connectivity index is -0.0000000767. The molecule has 68 heavy (non-hydrogen) atoms. The normalized spacial score (nSPS) is 11.2. The molecule has 0 aliphatic carbocycles. The SMILES string of the molecule is C.C.C=O.N.N.N/C=C(\CCC(N)=O)OO.N/C=C(\CCCCN)OO.NC(=O)[C@H](CCC(=O)O)N[C-]=O.NC(=O)[C@H](CCC(=O)O)N[C-]=O.NCC(CC(=O)NCCCCC(N)C(=O)O)OO. The molecule has 0 saturated carbocycles. The second kappa shape index (κ2) is 62.3. The van der Waals surface area contributed by atoms with Gasteiger partial charge in [-0.15, -0.1) is 0 Å². The summed E-state index contributed by atoms with van der Waals surface area (Å²) in [6, 6.07) is -2.75. The Morgan fingerprint density at radius 2 is 1.07 bits per heavy atom. The second-order valence-electron chi connectivity index (χ2n) is 11.9. The summed E-state index contributed by atoms with van der Waals surface area (Å²) in [6.45, 7) is 3.13. The van der Waals surface area contributed by atoms with E-state index in [2.05, 4.69) is 20.0 Å². The van der Waals surface area contributed by atoms with E-state index in [0.717, 1.165) is 19.0 Å². The lowest BCUT2D eigenvalue weighted by molar-refractivity contribution is -0.275. The maximum Gasteiger partial charge on any atom is 0.320 e. The van der Waals surface area contributed by atoms with Crippen LogP contribution in [0.15, 0.2) is 23.9 Å². The second-order valence-corrected chi connectivity index (χ2v) is 11.9. The van der Waals surface area contributed by atoms with Crippen LogP contribution in [0.25, 0.3) is 0 Å². The molecular formula is C36H79N13O19-2. The number of amides is 6. The Kier molecular flexibility index (Phi) is 77.5. The lowest BCUT2D eigenvalue weighted by Gasteiger charge is -2.16. The summed E-state index contributed by atoms with van der Waals surface area (Å²) < 4.78 is 0. The Morgan fingerprint density at radius 3 is 1.37 bits per heavy atom. The standard InChI is InChI=1S/C10H21N3O5.2C6H9N2O4.C6H14N2O2.C5H10N2O3.CH2O.2CH4.2H3N/c11-6-7(18-17)5-9(14)13-4-2-1-3-8(12)10(15)16;2*7-6(12)4(8-3-9)1-2-5(10)11;7-4-2-1-3-6(5-8)10-9;6-3-4(10-9)1-2-5(7)8;1-2;;;;/h7-8,17H,1-6,11-12H2,(H,13,14)(H,15,16);2*4H,1-2H2,(H2,7,12)(H,8,9)(H,10,11);5,9H,1-4,7-8H2;3,9H,1-2,6H2,(H2,7,8);1H2;2*1H4;2*1H3/q;2*-1;;;;;;;/b;;;6-5+;4-3+;;;;;/t;2*4-;;;;;;;/m.00......./s1. The molecule has 0 saturated heterocycles. The molecule has 0 bridgehead atoms. The maximum absolute atomic E-state index is 11.3. The maximum atomic E-state index is 11.3. The van der Waals surface area contributed by atoms with Crippen molar-refractivity contribution in [1.82, 2.24) is 28.3 Å². The molecule has 32 heteroatoms. The molecule has 404 valence electrons. The highest BCUT2D eigenvalue weighted by atomic mass is 17.1. The van der Waals surface area contributed by atoms with Crippen LogP contribution in [0, 0.1) is 0 Å². The number of carboxylic acid groups (broad SMARTS) is 3.